The molecule has 1 N–H and O–H groups in total. The summed E-state index contributed by atoms with van der Waals surface area (Å²) in [5.41, 5.74) is 0. The fourth-order valence-corrected chi connectivity index (χ4v) is 1.41. The van der Waals surface area contributed by atoms with Crippen molar-refractivity contribution < 1.29 is 14.6 Å². The van der Waals surface area contributed by atoms with E-state index in [-0.39, 0.29) is 6.10 Å². The van der Waals surface area contributed by atoms with E-state index < -0.39 is 5.79 Å². The number of hydrogen-bond acceptors (Lipinski definition) is 3. The molecule has 0 aromatic heterocycles. The van der Waals surface area contributed by atoms with Crippen LogP contribution >= 0.6 is 0 Å². The van der Waals surface area contributed by atoms with E-state index in [1.807, 2.05) is 0 Å². The molecule has 3 heteroatoms. The van der Waals surface area contributed by atoms with Gasteiger partial charge >= 0.3 is 0 Å². The van der Waals surface area contributed by atoms with Crippen molar-refractivity contribution in [1.29, 1.82) is 0 Å². The Morgan fingerprint density at radius 3 is 2.86 bits per heavy atom. The topological polar surface area (TPSA) is 38.7 Å². The van der Waals surface area contributed by atoms with Crippen molar-refractivity contribution >= 4 is 0 Å². The largest absolute Gasteiger partial charge is 0.392 e. The third-order valence-corrected chi connectivity index (χ3v) is 2.24. The van der Waals surface area contributed by atoms with E-state index in [1.54, 1.807) is 14.0 Å². The van der Waals surface area contributed by atoms with Gasteiger partial charge < -0.3 is 14.6 Å². The van der Waals surface area contributed by atoms with E-state index >= 15 is 0 Å². The van der Waals surface area contributed by atoms with Crippen LogP contribution in [-0.4, -0.2) is 30.7 Å². The summed E-state index contributed by atoms with van der Waals surface area (Å²) < 4.78 is 10.8. The van der Waals surface area contributed by atoms with E-state index in [0.29, 0.717) is 13.0 Å². The molecular weight excluding hydrogens is 180 g/mol. The summed E-state index contributed by atoms with van der Waals surface area (Å²) in [6.45, 7) is 2.42. The maximum atomic E-state index is 9.05. The second-order valence-electron chi connectivity index (χ2n) is 3.62. The Labute approximate surface area is 85.4 Å². The van der Waals surface area contributed by atoms with Crippen molar-refractivity contribution in [2.45, 2.75) is 44.5 Å². The van der Waals surface area contributed by atoms with Crippen LogP contribution in [0, 0.1) is 11.8 Å². The second kappa shape index (κ2) is 5.35. The Hall–Kier alpha value is -0.560. The van der Waals surface area contributed by atoms with Gasteiger partial charge in [0.25, 0.3) is 0 Å². The standard InChI is InChI=1S/C11H18O3/c1-10(12)6-5-8-11(13-2)7-3-4-9-14-11/h10,12H,3-4,6-7,9H2,1-2H3. The summed E-state index contributed by atoms with van der Waals surface area (Å²) in [4.78, 5) is 0. The first-order valence-corrected chi connectivity index (χ1v) is 5.06. The molecule has 1 aliphatic heterocycles. The Morgan fingerprint density at radius 1 is 1.57 bits per heavy atom. The molecule has 0 amide bonds. The third-order valence-electron chi connectivity index (χ3n) is 2.24. The molecule has 1 aliphatic rings. The monoisotopic (exact) mass is 198 g/mol. The Kier molecular flexibility index (Phi) is 4.40. The number of ether oxygens (including phenoxy) is 2. The summed E-state index contributed by atoms with van der Waals surface area (Å²) in [7, 11) is 1.61. The fraction of sp³-hybridized carbons (Fsp3) is 0.818. The Morgan fingerprint density at radius 2 is 2.36 bits per heavy atom. The summed E-state index contributed by atoms with van der Waals surface area (Å²) in [5.74, 6) is 5.14. The zero-order valence-electron chi connectivity index (χ0n) is 8.88. The van der Waals surface area contributed by atoms with Gasteiger partial charge in [-0.05, 0) is 25.7 Å². The molecule has 1 saturated heterocycles. The van der Waals surface area contributed by atoms with Gasteiger partial charge in [-0.3, -0.25) is 0 Å². The third kappa shape index (κ3) is 3.30. The molecular formula is C11H18O3. The highest BCUT2D eigenvalue weighted by molar-refractivity contribution is 5.11. The zero-order chi connectivity index (χ0) is 10.4. The van der Waals surface area contributed by atoms with Gasteiger partial charge in [0.1, 0.15) is 0 Å². The molecule has 3 nitrogen and oxygen atoms in total. The highest BCUT2D eigenvalue weighted by atomic mass is 16.7. The Bertz CT molecular complexity index is 218. The smallest absolute Gasteiger partial charge is 0.233 e. The fourth-order valence-electron chi connectivity index (χ4n) is 1.41. The minimum absolute atomic E-state index is 0.389. The van der Waals surface area contributed by atoms with Crippen LogP contribution in [0.15, 0.2) is 0 Å². The van der Waals surface area contributed by atoms with Gasteiger partial charge in [0.05, 0.1) is 12.7 Å². The summed E-state index contributed by atoms with van der Waals surface area (Å²) in [6, 6.07) is 0. The van der Waals surface area contributed by atoms with Crippen LogP contribution < -0.4 is 0 Å². The van der Waals surface area contributed by atoms with E-state index in [1.165, 1.54) is 0 Å². The van der Waals surface area contributed by atoms with Gasteiger partial charge in [-0.15, -0.1) is 0 Å². The highest BCUT2D eigenvalue weighted by Gasteiger charge is 2.30. The van der Waals surface area contributed by atoms with Gasteiger partial charge in [0.2, 0.25) is 5.79 Å². The normalized spacial score (nSPS) is 29.1. The minimum atomic E-state index is -0.715. The molecule has 0 bridgehead atoms. The molecule has 1 heterocycles. The molecule has 0 aromatic carbocycles. The van der Waals surface area contributed by atoms with Crippen LogP contribution in [0.4, 0.5) is 0 Å². The average molecular weight is 198 g/mol. The van der Waals surface area contributed by atoms with Gasteiger partial charge in [0.15, 0.2) is 0 Å². The SMILES string of the molecule is COC1(C#CCC(C)O)CCCCO1. The van der Waals surface area contributed by atoms with Gasteiger partial charge in [-0.25, -0.2) is 0 Å². The van der Waals surface area contributed by atoms with Crippen molar-refractivity contribution in [3.63, 3.8) is 0 Å². The lowest BCUT2D eigenvalue weighted by Gasteiger charge is -2.30. The molecule has 14 heavy (non-hydrogen) atoms. The number of hydrogen-bond donors (Lipinski definition) is 1. The lowest BCUT2D eigenvalue weighted by Crippen LogP contribution is -2.36. The van der Waals surface area contributed by atoms with Crippen molar-refractivity contribution in [3.8, 4) is 11.8 Å². The Balaban J connectivity index is 2.53. The van der Waals surface area contributed by atoms with Gasteiger partial charge in [-0.1, -0.05) is 5.92 Å². The lowest BCUT2D eigenvalue weighted by atomic mass is 10.1. The average Bonchev–Trinajstić information content (AvgIpc) is 2.19. The second-order valence-corrected chi connectivity index (χ2v) is 3.62. The molecule has 2 atom stereocenters. The van der Waals surface area contributed by atoms with E-state index in [2.05, 4.69) is 11.8 Å². The van der Waals surface area contributed by atoms with Crippen molar-refractivity contribution in [3.05, 3.63) is 0 Å². The molecule has 0 aliphatic carbocycles. The molecule has 80 valence electrons. The molecule has 0 radical (unpaired) electrons. The maximum absolute atomic E-state index is 9.05. The first kappa shape index (κ1) is 11.5. The van der Waals surface area contributed by atoms with Crippen LogP contribution in [-0.2, 0) is 9.47 Å². The predicted octanol–water partition coefficient (Wildman–Crippen LogP) is 1.30. The van der Waals surface area contributed by atoms with E-state index in [0.717, 1.165) is 19.3 Å². The van der Waals surface area contributed by atoms with E-state index in [9.17, 15) is 0 Å². The maximum Gasteiger partial charge on any atom is 0.233 e. The molecule has 1 rings (SSSR count). The van der Waals surface area contributed by atoms with E-state index in [4.69, 9.17) is 14.6 Å². The molecule has 0 spiro atoms. The van der Waals surface area contributed by atoms with Crippen molar-refractivity contribution in [2.75, 3.05) is 13.7 Å². The summed E-state index contributed by atoms with van der Waals surface area (Å²) in [6.07, 6.45) is 3.05. The number of aliphatic hydroxyl groups is 1. The summed E-state index contributed by atoms with van der Waals surface area (Å²) >= 11 is 0. The minimum Gasteiger partial charge on any atom is -0.392 e. The number of rotatable bonds is 2. The predicted molar refractivity (Wildman–Crippen MR) is 53.6 cm³/mol. The zero-order valence-corrected chi connectivity index (χ0v) is 8.88. The number of aliphatic hydroxyl groups excluding tert-OH is 1. The molecule has 2 unspecified atom stereocenters. The quantitative estimate of drug-likeness (QED) is 0.680. The van der Waals surface area contributed by atoms with Gasteiger partial charge in [-0.2, -0.15) is 0 Å². The van der Waals surface area contributed by atoms with Crippen LogP contribution in [0.5, 0.6) is 0 Å². The summed E-state index contributed by atoms with van der Waals surface area (Å²) in [5, 5.41) is 9.05. The first-order valence-electron chi connectivity index (χ1n) is 5.06. The van der Waals surface area contributed by atoms with Crippen molar-refractivity contribution in [2.24, 2.45) is 0 Å². The highest BCUT2D eigenvalue weighted by Crippen LogP contribution is 2.24. The first-order chi connectivity index (χ1) is 6.68. The molecule has 0 aromatic rings. The van der Waals surface area contributed by atoms with Crippen LogP contribution in [0.2, 0.25) is 0 Å². The lowest BCUT2D eigenvalue weighted by molar-refractivity contribution is -0.201. The van der Waals surface area contributed by atoms with Crippen LogP contribution in [0.25, 0.3) is 0 Å². The molecule has 0 saturated carbocycles. The number of methoxy groups -OCH3 is 1. The van der Waals surface area contributed by atoms with Crippen LogP contribution in [0.1, 0.15) is 32.6 Å². The van der Waals surface area contributed by atoms with Gasteiger partial charge in [0, 0.05) is 20.0 Å². The molecule has 1 fully saturated rings. The van der Waals surface area contributed by atoms with Crippen molar-refractivity contribution in [1.82, 2.24) is 0 Å². The van der Waals surface area contributed by atoms with Crippen LogP contribution in [0.3, 0.4) is 0 Å².